The van der Waals surface area contributed by atoms with Gasteiger partial charge in [-0.05, 0) is 50.9 Å². The summed E-state index contributed by atoms with van der Waals surface area (Å²) in [6, 6.07) is 0.0812. The molecule has 3 rings (SSSR count). The van der Waals surface area contributed by atoms with Gasteiger partial charge in [0.2, 0.25) is 0 Å². The molecular weight excluding hydrogens is 218 g/mol. The van der Waals surface area contributed by atoms with Gasteiger partial charge in [0, 0.05) is 12.6 Å². The topological polar surface area (TPSA) is 58.6 Å². The minimum absolute atomic E-state index is 0.173. The van der Waals surface area contributed by atoms with Crippen LogP contribution in [0.25, 0.3) is 0 Å². The molecule has 3 aliphatic rings. The van der Waals surface area contributed by atoms with Crippen molar-refractivity contribution in [2.75, 3.05) is 6.61 Å². The Kier molecular flexibility index (Phi) is 2.87. The van der Waals surface area contributed by atoms with Crippen molar-refractivity contribution in [3.8, 4) is 0 Å². The predicted octanol–water partition coefficient (Wildman–Crippen LogP) is 1.54. The van der Waals surface area contributed by atoms with Crippen molar-refractivity contribution in [2.24, 2.45) is 5.92 Å². The molecule has 1 spiro atoms. The van der Waals surface area contributed by atoms with Crippen LogP contribution in [-0.4, -0.2) is 35.4 Å². The molecule has 0 bridgehead atoms. The molecule has 0 radical (unpaired) electrons. The molecule has 2 aliphatic heterocycles. The van der Waals surface area contributed by atoms with Gasteiger partial charge in [-0.25, -0.2) is 0 Å². The van der Waals surface area contributed by atoms with Gasteiger partial charge in [0.05, 0.1) is 5.60 Å². The Balaban J connectivity index is 1.59. The van der Waals surface area contributed by atoms with Crippen LogP contribution >= 0.6 is 0 Å². The van der Waals surface area contributed by atoms with E-state index in [9.17, 15) is 4.79 Å². The zero-order valence-electron chi connectivity index (χ0n) is 10.2. The number of carbonyl (C=O) groups is 1. The normalized spacial score (nSPS) is 40.1. The minimum Gasteiger partial charge on any atom is -0.480 e. The summed E-state index contributed by atoms with van der Waals surface area (Å²) >= 11 is 0. The fourth-order valence-electron chi connectivity index (χ4n) is 3.67. The van der Waals surface area contributed by atoms with Crippen LogP contribution in [0.3, 0.4) is 0 Å². The first-order valence-electron chi connectivity index (χ1n) is 6.81. The summed E-state index contributed by atoms with van der Waals surface area (Å²) in [6.07, 6.45) is 7.73. The molecule has 3 atom stereocenters. The molecule has 0 aromatic heterocycles. The Hall–Kier alpha value is -0.610. The maximum atomic E-state index is 10.9. The van der Waals surface area contributed by atoms with Gasteiger partial charge in [0.15, 0.2) is 0 Å². The van der Waals surface area contributed by atoms with Crippen molar-refractivity contribution in [2.45, 2.75) is 62.6 Å². The first-order chi connectivity index (χ1) is 8.19. The SMILES string of the molecule is O=C(O)C1CCC(C2CCOC3(CCC3)C2)N1. The van der Waals surface area contributed by atoms with E-state index in [0.29, 0.717) is 12.0 Å². The van der Waals surface area contributed by atoms with Gasteiger partial charge in [0.25, 0.3) is 0 Å². The van der Waals surface area contributed by atoms with Crippen molar-refractivity contribution < 1.29 is 14.6 Å². The summed E-state index contributed by atoms with van der Waals surface area (Å²) in [4.78, 5) is 10.9. The number of aliphatic carboxylic acids is 1. The van der Waals surface area contributed by atoms with E-state index in [0.717, 1.165) is 32.3 Å². The Labute approximate surface area is 102 Å². The molecule has 1 aliphatic carbocycles. The van der Waals surface area contributed by atoms with E-state index in [1.807, 2.05) is 0 Å². The lowest BCUT2D eigenvalue weighted by Gasteiger charge is -2.48. The second-order valence-electron chi connectivity index (χ2n) is 5.88. The third-order valence-corrected chi connectivity index (χ3v) is 4.84. The fourth-order valence-corrected chi connectivity index (χ4v) is 3.67. The van der Waals surface area contributed by atoms with Crippen LogP contribution in [0.2, 0.25) is 0 Å². The first kappa shape index (κ1) is 11.5. The Bertz CT molecular complexity index is 314. The number of carboxylic acid groups (broad SMARTS) is 1. The van der Waals surface area contributed by atoms with E-state index < -0.39 is 5.97 Å². The Morgan fingerprint density at radius 3 is 2.71 bits per heavy atom. The summed E-state index contributed by atoms with van der Waals surface area (Å²) in [5, 5.41) is 12.3. The van der Waals surface area contributed by atoms with E-state index in [4.69, 9.17) is 9.84 Å². The number of nitrogens with one attached hydrogen (secondary N) is 1. The van der Waals surface area contributed by atoms with Crippen molar-refractivity contribution in [3.05, 3.63) is 0 Å². The minimum atomic E-state index is -0.696. The molecule has 2 N–H and O–H groups in total. The number of hydrogen-bond donors (Lipinski definition) is 2. The van der Waals surface area contributed by atoms with E-state index >= 15 is 0 Å². The molecule has 3 fully saturated rings. The number of rotatable bonds is 2. The third-order valence-electron chi connectivity index (χ3n) is 4.84. The van der Waals surface area contributed by atoms with Crippen molar-refractivity contribution in [1.82, 2.24) is 5.32 Å². The molecule has 0 aromatic rings. The van der Waals surface area contributed by atoms with E-state index in [-0.39, 0.29) is 11.6 Å². The van der Waals surface area contributed by atoms with Gasteiger partial charge >= 0.3 is 5.97 Å². The molecule has 0 aromatic carbocycles. The second-order valence-corrected chi connectivity index (χ2v) is 5.88. The highest BCUT2D eigenvalue weighted by Gasteiger charge is 2.45. The number of hydrogen-bond acceptors (Lipinski definition) is 3. The van der Waals surface area contributed by atoms with Gasteiger partial charge in [-0.3, -0.25) is 4.79 Å². The van der Waals surface area contributed by atoms with Crippen LogP contribution in [0.4, 0.5) is 0 Å². The highest BCUT2D eigenvalue weighted by Crippen LogP contribution is 2.45. The van der Waals surface area contributed by atoms with Gasteiger partial charge < -0.3 is 15.2 Å². The molecule has 3 unspecified atom stereocenters. The molecule has 4 nitrogen and oxygen atoms in total. The zero-order valence-corrected chi connectivity index (χ0v) is 10.2. The smallest absolute Gasteiger partial charge is 0.320 e. The van der Waals surface area contributed by atoms with Crippen LogP contribution in [0.1, 0.15) is 44.9 Å². The molecule has 2 heterocycles. The summed E-state index contributed by atoms with van der Waals surface area (Å²) in [5.41, 5.74) is 0.173. The van der Waals surface area contributed by atoms with Crippen molar-refractivity contribution in [1.29, 1.82) is 0 Å². The number of carboxylic acids is 1. The summed E-state index contributed by atoms with van der Waals surface area (Å²) in [5.74, 6) is -0.0775. The molecule has 96 valence electrons. The van der Waals surface area contributed by atoms with Crippen molar-refractivity contribution >= 4 is 5.97 Å². The first-order valence-corrected chi connectivity index (χ1v) is 6.81. The van der Waals surface area contributed by atoms with Crippen LogP contribution in [-0.2, 0) is 9.53 Å². The van der Waals surface area contributed by atoms with Crippen LogP contribution in [0.5, 0.6) is 0 Å². The molecular formula is C13H21NO3. The summed E-state index contributed by atoms with van der Waals surface area (Å²) < 4.78 is 5.92. The standard InChI is InChI=1S/C13H21NO3/c15-12(16)11-3-2-10(14-11)9-4-7-17-13(8-9)5-1-6-13/h9-11,14H,1-8H2,(H,15,16). The fraction of sp³-hybridized carbons (Fsp3) is 0.923. The molecule has 1 saturated carbocycles. The van der Waals surface area contributed by atoms with E-state index in [1.165, 1.54) is 19.3 Å². The van der Waals surface area contributed by atoms with Crippen molar-refractivity contribution in [3.63, 3.8) is 0 Å². The Morgan fingerprint density at radius 1 is 1.29 bits per heavy atom. The van der Waals surface area contributed by atoms with Gasteiger partial charge in [0.1, 0.15) is 6.04 Å². The lowest BCUT2D eigenvalue weighted by molar-refractivity contribution is -0.147. The lowest BCUT2D eigenvalue weighted by Crippen LogP contribution is -2.50. The van der Waals surface area contributed by atoms with E-state index in [2.05, 4.69) is 5.32 Å². The van der Waals surface area contributed by atoms with Crippen LogP contribution < -0.4 is 5.32 Å². The summed E-state index contributed by atoms with van der Waals surface area (Å²) in [6.45, 7) is 0.862. The molecule has 4 heteroatoms. The highest BCUT2D eigenvalue weighted by molar-refractivity contribution is 5.73. The number of ether oxygens (including phenoxy) is 1. The Morgan fingerprint density at radius 2 is 2.12 bits per heavy atom. The van der Waals surface area contributed by atoms with Crippen LogP contribution in [0.15, 0.2) is 0 Å². The average Bonchev–Trinajstić information content (AvgIpc) is 2.76. The van der Waals surface area contributed by atoms with Crippen LogP contribution in [0, 0.1) is 5.92 Å². The maximum absolute atomic E-state index is 10.9. The quantitative estimate of drug-likeness (QED) is 0.767. The lowest BCUT2D eigenvalue weighted by atomic mass is 9.70. The van der Waals surface area contributed by atoms with E-state index in [1.54, 1.807) is 0 Å². The summed E-state index contributed by atoms with van der Waals surface area (Å²) in [7, 11) is 0. The van der Waals surface area contributed by atoms with Gasteiger partial charge in [-0.2, -0.15) is 0 Å². The highest BCUT2D eigenvalue weighted by atomic mass is 16.5. The molecule has 2 saturated heterocycles. The average molecular weight is 239 g/mol. The predicted molar refractivity (Wildman–Crippen MR) is 62.8 cm³/mol. The second kappa shape index (κ2) is 4.25. The van der Waals surface area contributed by atoms with Gasteiger partial charge in [-0.15, -0.1) is 0 Å². The third kappa shape index (κ3) is 2.08. The van der Waals surface area contributed by atoms with Gasteiger partial charge in [-0.1, -0.05) is 0 Å². The maximum Gasteiger partial charge on any atom is 0.320 e. The molecule has 17 heavy (non-hydrogen) atoms. The largest absolute Gasteiger partial charge is 0.480 e. The monoisotopic (exact) mass is 239 g/mol. The molecule has 0 amide bonds. The zero-order chi connectivity index (χ0) is 11.9.